The highest BCUT2D eigenvalue weighted by atomic mass is 16.1. The molecular weight excluding hydrogens is 248 g/mol. The lowest BCUT2D eigenvalue weighted by molar-refractivity contribution is 0.0953. The molecular formula is C17H20N2O. The first-order valence-electron chi connectivity index (χ1n) is 6.84. The number of anilines is 1. The van der Waals surface area contributed by atoms with E-state index in [1.807, 2.05) is 37.3 Å². The van der Waals surface area contributed by atoms with Crippen molar-refractivity contribution >= 4 is 11.6 Å². The molecule has 104 valence electrons. The summed E-state index contributed by atoms with van der Waals surface area (Å²) in [6.07, 6.45) is 1.90. The van der Waals surface area contributed by atoms with Crippen LogP contribution in [0.3, 0.4) is 0 Å². The van der Waals surface area contributed by atoms with Gasteiger partial charge in [-0.25, -0.2) is 0 Å². The molecule has 3 N–H and O–H groups in total. The Kier molecular flexibility index (Phi) is 4.77. The van der Waals surface area contributed by atoms with E-state index in [1.165, 1.54) is 5.56 Å². The number of rotatable bonds is 5. The normalized spacial score (nSPS) is 10.2. The van der Waals surface area contributed by atoms with Gasteiger partial charge in [0.25, 0.3) is 5.91 Å². The van der Waals surface area contributed by atoms with Crippen molar-refractivity contribution in [2.24, 2.45) is 0 Å². The van der Waals surface area contributed by atoms with Crippen molar-refractivity contribution in [1.29, 1.82) is 0 Å². The summed E-state index contributed by atoms with van der Waals surface area (Å²) >= 11 is 0. The van der Waals surface area contributed by atoms with Crippen LogP contribution in [0.25, 0.3) is 0 Å². The molecule has 20 heavy (non-hydrogen) atoms. The van der Waals surface area contributed by atoms with Crippen LogP contribution in [-0.4, -0.2) is 12.5 Å². The van der Waals surface area contributed by atoms with Gasteiger partial charge in [0.05, 0.1) is 0 Å². The highest BCUT2D eigenvalue weighted by Crippen LogP contribution is 2.11. The second-order valence-electron chi connectivity index (χ2n) is 4.98. The largest absolute Gasteiger partial charge is 0.399 e. The lowest BCUT2D eigenvalue weighted by atomic mass is 10.1. The summed E-state index contributed by atoms with van der Waals surface area (Å²) in [7, 11) is 0. The Morgan fingerprint density at radius 1 is 1.15 bits per heavy atom. The highest BCUT2D eigenvalue weighted by Gasteiger charge is 2.06. The smallest absolute Gasteiger partial charge is 0.251 e. The van der Waals surface area contributed by atoms with Gasteiger partial charge >= 0.3 is 0 Å². The first-order valence-corrected chi connectivity index (χ1v) is 6.84. The predicted octanol–water partition coefficient (Wildman–Crippen LogP) is 2.94. The molecule has 0 atom stereocenters. The Hall–Kier alpha value is -2.29. The molecule has 0 bridgehead atoms. The minimum absolute atomic E-state index is 0.0616. The molecule has 0 aromatic heterocycles. The lowest BCUT2D eigenvalue weighted by Gasteiger charge is -2.07. The first-order chi connectivity index (χ1) is 9.65. The zero-order chi connectivity index (χ0) is 14.4. The van der Waals surface area contributed by atoms with Crippen LogP contribution >= 0.6 is 0 Å². The van der Waals surface area contributed by atoms with Gasteiger partial charge in [-0.2, -0.15) is 0 Å². The van der Waals surface area contributed by atoms with E-state index in [-0.39, 0.29) is 5.91 Å². The topological polar surface area (TPSA) is 55.1 Å². The fraction of sp³-hybridized carbons (Fsp3) is 0.235. The molecule has 3 nitrogen and oxygen atoms in total. The van der Waals surface area contributed by atoms with Gasteiger partial charge in [-0.1, -0.05) is 30.3 Å². The molecule has 0 fully saturated rings. The SMILES string of the molecule is Cc1cc(N)cc(C(=O)NCCCc2ccccc2)c1. The number of hydrogen-bond donors (Lipinski definition) is 2. The summed E-state index contributed by atoms with van der Waals surface area (Å²) in [5.74, 6) is -0.0616. The summed E-state index contributed by atoms with van der Waals surface area (Å²) in [6.45, 7) is 2.60. The number of nitrogens with two attached hydrogens (primary N) is 1. The summed E-state index contributed by atoms with van der Waals surface area (Å²) in [5, 5.41) is 2.93. The second kappa shape index (κ2) is 6.75. The number of carbonyl (C=O) groups excluding carboxylic acids is 1. The minimum Gasteiger partial charge on any atom is -0.399 e. The van der Waals surface area contributed by atoms with E-state index in [2.05, 4.69) is 17.4 Å². The van der Waals surface area contributed by atoms with Crippen LogP contribution in [0.2, 0.25) is 0 Å². The van der Waals surface area contributed by atoms with Gasteiger partial charge < -0.3 is 11.1 Å². The molecule has 3 heteroatoms. The molecule has 0 heterocycles. The lowest BCUT2D eigenvalue weighted by Crippen LogP contribution is -2.25. The van der Waals surface area contributed by atoms with Gasteiger partial charge in [0, 0.05) is 17.8 Å². The van der Waals surface area contributed by atoms with E-state index in [9.17, 15) is 4.79 Å². The van der Waals surface area contributed by atoms with Crippen LogP contribution in [-0.2, 0) is 6.42 Å². The van der Waals surface area contributed by atoms with Crippen molar-refractivity contribution in [2.75, 3.05) is 12.3 Å². The third-order valence-electron chi connectivity index (χ3n) is 3.13. The van der Waals surface area contributed by atoms with Crippen LogP contribution in [0.1, 0.15) is 27.9 Å². The summed E-state index contributed by atoms with van der Waals surface area (Å²) in [4.78, 5) is 12.0. The number of nitrogen functional groups attached to an aromatic ring is 1. The van der Waals surface area contributed by atoms with Crippen LogP contribution < -0.4 is 11.1 Å². The van der Waals surface area contributed by atoms with Gasteiger partial charge in [-0.3, -0.25) is 4.79 Å². The molecule has 0 spiro atoms. The van der Waals surface area contributed by atoms with Gasteiger partial charge in [-0.05, 0) is 49.1 Å². The van der Waals surface area contributed by atoms with E-state index in [0.29, 0.717) is 17.8 Å². The highest BCUT2D eigenvalue weighted by molar-refractivity contribution is 5.95. The third kappa shape index (κ3) is 4.12. The Labute approximate surface area is 119 Å². The predicted molar refractivity (Wildman–Crippen MR) is 82.7 cm³/mol. The molecule has 0 aliphatic carbocycles. The molecule has 0 radical (unpaired) electrons. The number of aryl methyl sites for hydroxylation is 2. The van der Waals surface area contributed by atoms with Gasteiger partial charge in [-0.15, -0.1) is 0 Å². The average Bonchev–Trinajstić information content (AvgIpc) is 2.43. The summed E-state index contributed by atoms with van der Waals surface area (Å²) in [6, 6.07) is 15.7. The van der Waals surface area contributed by atoms with Crippen molar-refractivity contribution in [1.82, 2.24) is 5.32 Å². The summed E-state index contributed by atoms with van der Waals surface area (Å²) in [5.41, 5.74) is 9.29. The molecule has 2 rings (SSSR count). The zero-order valence-corrected chi connectivity index (χ0v) is 11.7. The Balaban J connectivity index is 1.80. The van der Waals surface area contributed by atoms with Crippen molar-refractivity contribution in [3.63, 3.8) is 0 Å². The van der Waals surface area contributed by atoms with Crippen LogP contribution in [0, 0.1) is 6.92 Å². The molecule has 0 aliphatic rings. The molecule has 1 amide bonds. The second-order valence-corrected chi connectivity index (χ2v) is 4.98. The van der Waals surface area contributed by atoms with Crippen molar-refractivity contribution in [3.05, 3.63) is 65.2 Å². The van der Waals surface area contributed by atoms with E-state index in [0.717, 1.165) is 18.4 Å². The maximum Gasteiger partial charge on any atom is 0.251 e. The van der Waals surface area contributed by atoms with Crippen LogP contribution in [0.4, 0.5) is 5.69 Å². The van der Waals surface area contributed by atoms with Crippen molar-refractivity contribution in [2.45, 2.75) is 19.8 Å². The van der Waals surface area contributed by atoms with E-state index < -0.39 is 0 Å². The molecule has 2 aromatic carbocycles. The van der Waals surface area contributed by atoms with Gasteiger partial charge in [0.1, 0.15) is 0 Å². The van der Waals surface area contributed by atoms with E-state index in [1.54, 1.807) is 6.07 Å². The Morgan fingerprint density at radius 3 is 2.60 bits per heavy atom. The van der Waals surface area contributed by atoms with Gasteiger partial charge in [0.15, 0.2) is 0 Å². The molecule has 0 unspecified atom stereocenters. The Bertz CT molecular complexity index is 559. The maximum absolute atomic E-state index is 12.0. The number of carbonyl (C=O) groups is 1. The molecule has 0 saturated carbocycles. The maximum atomic E-state index is 12.0. The number of hydrogen-bond acceptors (Lipinski definition) is 2. The molecule has 0 saturated heterocycles. The monoisotopic (exact) mass is 268 g/mol. The quantitative estimate of drug-likeness (QED) is 0.647. The Morgan fingerprint density at radius 2 is 1.90 bits per heavy atom. The minimum atomic E-state index is -0.0616. The zero-order valence-electron chi connectivity index (χ0n) is 11.7. The summed E-state index contributed by atoms with van der Waals surface area (Å²) < 4.78 is 0. The third-order valence-corrected chi connectivity index (χ3v) is 3.13. The van der Waals surface area contributed by atoms with E-state index >= 15 is 0 Å². The van der Waals surface area contributed by atoms with Crippen LogP contribution in [0.5, 0.6) is 0 Å². The standard InChI is InChI=1S/C17H20N2O/c1-13-10-15(12-16(18)11-13)17(20)19-9-5-8-14-6-3-2-4-7-14/h2-4,6-7,10-12H,5,8-9,18H2,1H3,(H,19,20). The van der Waals surface area contributed by atoms with Gasteiger partial charge in [0.2, 0.25) is 0 Å². The number of amides is 1. The fourth-order valence-corrected chi connectivity index (χ4v) is 2.18. The van der Waals surface area contributed by atoms with Crippen molar-refractivity contribution < 1.29 is 4.79 Å². The van der Waals surface area contributed by atoms with Crippen molar-refractivity contribution in [3.8, 4) is 0 Å². The molecule has 0 aliphatic heterocycles. The molecule has 2 aromatic rings. The van der Waals surface area contributed by atoms with Crippen LogP contribution in [0.15, 0.2) is 48.5 Å². The first kappa shape index (κ1) is 14.1. The number of benzene rings is 2. The van der Waals surface area contributed by atoms with E-state index in [4.69, 9.17) is 5.73 Å². The average molecular weight is 268 g/mol. The fourth-order valence-electron chi connectivity index (χ4n) is 2.18. The number of nitrogens with one attached hydrogen (secondary N) is 1.